The summed E-state index contributed by atoms with van der Waals surface area (Å²) in [4.78, 5) is 36.3. The second kappa shape index (κ2) is 8.96. The van der Waals surface area contributed by atoms with E-state index in [0.29, 0.717) is 18.8 Å². The van der Waals surface area contributed by atoms with Crippen LogP contribution < -0.4 is 5.32 Å². The maximum absolute atomic E-state index is 12.5. The number of ether oxygens (including phenoxy) is 1. The molecular weight excluding hydrogens is 374 g/mol. The third-order valence-electron chi connectivity index (χ3n) is 4.05. The standard InChI is InChI=1S/C17H23N3O6S/c1-13(21)18-14-5-7-15(8-6-14)27(24,25)19(2)11-17(23)26-12-16(22)20-9-3-4-10-20/h5-8H,3-4,9-12H2,1-2H3,(H,18,21). The molecule has 1 heterocycles. The highest BCUT2D eigenvalue weighted by atomic mass is 32.2. The highest BCUT2D eigenvalue weighted by Crippen LogP contribution is 2.17. The zero-order chi connectivity index (χ0) is 20.0. The Hall–Kier alpha value is -2.46. The van der Waals surface area contributed by atoms with Crippen molar-refractivity contribution in [3.05, 3.63) is 24.3 Å². The fourth-order valence-electron chi connectivity index (χ4n) is 2.61. The van der Waals surface area contributed by atoms with Crippen molar-refractivity contribution in [2.75, 3.05) is 38.6 Å². The summed E-state index contributed by atoms with van der Waals surface area (Å²) in [5, 5.41) is 2.54. The van der Waals surface area contributed by atoms with E-state index in [1.54, 1.807) is 4.90 Å². The van der Waals surface area contributed by atoms with Gasteiger partial charge in [-0.15, -0.1) is 0 Å². The smallest absolute Gasteiger partial charge is 0.321 e. The van der Waals surface area contributed by atoms with E-state index in [9.17, 15) is 22.8 Å². The number of hydrogen-bond acceptors (Lipinski definition) is 6. The van der Waals surface area contributed by atoms with Crippen LogP contribution in [0.25, 0.3) is 0 Å². The summed E-state index contributed by atoms with van der Waals surface area (Å²) in [6, 6.07) is 5.57. The van der Waals surface area contributed by atoms with Crippen LogP contribution in [0.15, 0.2) is 29.2 Å². The van der Waals surface area contributed by atoms with Gasteiger partial charge in [0.2, 0.25) is 15.9 Å². The number of rotatable bonds is 7. The Morgan fingerprint density at radius 1 is 1.15 bits per heavy atom. The van der Waals surface area contributed by atoms with Crippen LogP contribution in [0.3, 0.4) is 0 Å². The van der Waals surface area contributed by atoms with E-state index < -0.39 is 29.1 Å². The lowest BCUT2D eigenvalue weighted by Crippen LogP contribution is -2.36. The number of hydrogen-bond donors (Lipinski definition) is 1. The topological polar surface area (TPSA) is 113 Å². The second-order valence-electron chi connectivity index (χ2n) is 6.22. The molecule has 10 heteroatoms. The van der Waals surface area contributed by atoms with Crippen molar-refractivity contribution < 1.29 is 27.5 Å². The lowest BCUT2D eigenvalue weighted by atomic mass is 10.3. The molecule has 0 atom stereocenters. The van der Waals surface area contributed by atoms with Crippen molar-refractivity contribution in [3.8, 4) is 0 Å². The zero-order valence-electron chi connectivity index (χ0n) is 15.3. The number of esters is 1. The van der Waals surface area contributed by atoms with Gasteiger partial charge >= 0.3 is 5.97 Å². The molecule has 1 fully saturated rings. The summed E-state index contributed by atoms with van der Waals surface area (Å²) in [6.07, 6.45) is 1.86. The Morgan fingerprint density at radius 3 is 2.30 bits per heavy atom. The molecule has 0 radical (unpaired) electrons. The van der Waals surface area contributed by atoms with Crippen molar-refractivity contribution in [1.82, 2.24) is 9.21 Å². The van der Waals surface area contributed by atoms with Gasteiger partial charge in [0.15, 0.2) is 6.61 Å². The van der Waals surface area contributed by atoms with Crippen molar-refractivity contribution in [1.29, 1.82) is 0 Å². The molecule has 2 amide bonds. The Bertz CT molecular complexity index is 800. The van der Waals surface area contributed by atoms with E-state index in [2.05, 4.69) is 5.32 Å². The molecule has 0 bridgehead atoms. The first-order valence-electron chi connectivity index (χ1n) is 8.47. The summed E-state index contributed by atoms with van der Waals surface area (Å²) in [7, 11) is -2.66. The van der Waals surface area contributed by atoms with Crippen LogP contribution in [0.2, 0.25) is 0 Å². The Morgan fingerprint density at radius 2 is 1.74 bits per heavy atom. The predicted octanol–water partition coefficient (Wildman–Crippen LogP) is 0.431. The number of likely N-dealkylation sites (N-methyl/N-ethyl adjacent to an activating group) is 1. The molecule has 2 rings (SSSR count). The van der Waals surface area contributed by atoms with Gasteiger partial charge in [-0.3, -0.25) is 14.4 Å². The van der Waals surface area contributed by atoms with Crippen LogP contribution in [0.4, 0.5) is 5.69 Å². The number of sulfonamides is 1. The molecular formula is C17H23N3O6S. The maximum Gasteiger partial charge on any atom is 0.321 e. The lowest BCUT2D eigenvalue weighted by Gasteiger charge is -2.18. The predicted molar refractivity (Wildman–Crippen MR) is 97.3 cm³/mol. The molecule has 9 nitrogen and oxygen atoms in total. The zero-order valence-corrected chi connectivity index (χ0v) is 16.1. The monoisotopic (exact) mass is 397 g/mol. The minimum Gasteiger partial charge on any atom is -0.455 e. The van der Waals surface area contributed by atoms with Gasteiger partial charge in [0.25, 0.3) is 5.91 Å². The van der Waals surface area contributed by atoms with Crippen molar-refractivity contribution in [2.24, 2.45) is 0 Å². The summed E-state index contributed by atoms with van der Waals surface area (Å²) in [5.41, 5.74) is 0.462. The molecule has 0 aliphatic carbocycles. The molecule has 1 aliphatic rings. The van der Waals surface area contributed by atoms with Crippen LogP contribution in [0, 0.1) is 0 Å². The minimum atomic E-state index is -3.91. The number of nitrogens with zero attached hydrogens (tertiary/aromatic N) is 2. The second-order valence-corrected chi connectivity index (χ2v) is 8.26. The van der Waals surface area contributed by atoms with Gasteiger partial charge in [0.05, 0.1) is 4.90 Å². The SMILES string of the molecule is CC(=O)Nc1ccc(S(=O)(=O)N(C)CC(=O)OCC(=O)N2CCCC2)cc1. The van der Waals surface area contributed by atoms with Gasteiger partial charge in [-0.1, -0.05) is 0 Å². The molecule has 27 heavy (non-hydrogen) atoms. The van der Waals surface area contributed by atoms with Crippen LogP contribution in [0.1, 0.15) is 19.8 Å². The van der Waals surface area contributed by atoms with Gasteiger partial charge in [-0.05, 0) is 37.1 Å². The number of amides is 2. The summed E-state index contributed by atoms with van der Waals surface area (Å²) >= 11 is 0. The first-order valence-corrected chi connectivity index (χ1v) is 9.91. The largest absolute Gasteiger partial charge is 0.455 e. The van der Waals surface area contributed by atoms with E-state index in [4.69, 9.17) is 4.74 Å². The van der Waals surface area contributed by atoms with Crippen LogP contribution in [-0.4, -0.2) is 68.7 Å². The van der Waals surface area contributed by atoms with Crippen LogP contribution in [0.5, 0.6) is 0 Å². The Balaban J connectivity index is 1.90. The Kier molecular flexibility index (Phi) is 6.92. The van der Waals surface area contributed by atoms with Crippen molar-refractivity contribution in [2.45, 2.75) is 24.7 Å². The van der Waals surface area contributed by atoms with Gasteiger partial charge in [-0.25, -0.2) is 8.42 Å². The molecule has 148 valence electrons. The van der Waals surface area contributed by atoms with E-state index in [0.717, 1.165) is 17.1 Å². The van der Waals surface area contributed by atoms with Gasteiger partial charge in [0.1, 0.15) is 6.54 Å². The molecule has 1 aliphatic heterocycles. The van der Waals surface area contributed by atoms with E-state index in [1.807, 2.05) is 0 Å². The molecule has 0 unspecified atom stereocenters. The number of carbonyl (C=O) groups excluding carboxylic acids is 3. The van der Waals surface area contributed by atoms with Gasteiger partial charge in [0, 0.05) is 32.7 Å². The fourth-order valence-corrected chi connectivity index (χ4v) is 3.72. The molecule has 0 spiro atoms. The summed E-state index contributed by atoms with van der Waals surface area (Å²) in [6.45, 7) is 1.75. The summed E-state index contributed by atoms with van der Waals surface area (Å²) in [5.74, 6) is -1.35. The van der Waals surface area contributed by atoms with Crippen LogP contribution >= 0.6 is 0 Å². The van der Waals surface area contributed by atoms with E-state index >= 15 is 0 Å². The minimum absolute atomic E-state index is 0.0277. The molecule has 1 saturated heterocycles. The highest BCUT2D eigenvalue weighted by molar-refractivity contribution is 7.89. The normalized spacial score (nSPS) is 14.3. The Labute approximate surface area is 158 Å². The quantitative estimate of drug-likeness (QED) is 0.668. The third-order valence-corrected chi connectivity index (χ3v) is 5.87. The average molecular weight is 397 g/mol. The number of nitrogens with one attached hydrogen (secondary N) is 1. The number of benzene rings is 1. The lowest BCUT2D eigenvalue weighted by molar-refractivity contribution is -0.151. The third kappa shape index (κ3) is 5.76. The molecule has 1 N–H and O–H groups in total. The van der Waals surface area contributed by atoms with Gasteiger partial charge in [-0.2, -0.15) is 4.31 Å². The van der Waals surface area contributed by atoms with E-state index in [1.165, 1.54) is 38.2 Å². The van der Waals surface area contributed by atoms with Crippen molar-refractivity contribution >= 4 is 33.5 Å². The highest BCUT2D eigenvalue weighted by Gasteiger charge is 2.25. The number of anilines is 1. The summed E-state index contributed by atoms with van der Waals surface area (Å²) < 4.78 is 30.8. The molecule has 1 aromatic carbocycles. The maximum atomic E-state index is 12.5. The molecule has 0 saturated carbocycles. The van der Waals surface area contributed by atoms with Gasteiger partial charge < -0.3 is 15.0 Å². The van der Waals surface area contributed by atoms with Crippen molar-refractivity contribution in [3.63, 3.8) is 0 Å². The first-order chi connectivity index (χ1) is 12.7. The molecule has 1 aromatic rings. The first kappa shape index (κ1) is 20.8. The van der Waals surface area contributed by atoms with E-state index in [-0.39, 0.29) is 16.7 Å². The number of carbonyl (C=O) groups is 3. The molecule has 0 aromatic heterocycles. The fraction of sp³-hybridized carbons (Fsp3) is 0.471. The number of likely N-dealkylation sites (tertiary alicyclic amines) is 1. The average Bonchev–Trinajstić information content (AvgIpc) is 3.14. The van der Waals surface area contributed by atoms with Crippen LogP contribution in [-0.2, 0) is 29.1 Å².